The van der Waals surface area contributed by atoms with Crippen LogP contribution in [0, 0.1) is 13.8 Å². The van der Waals surface area contributed by atoms with Crippen LogP contribution in [0.1, 0.15) is 11.4 Å². The van der Waals surface area contributed by atoms with E-state index in [1.165, 1.54) is 0 Å². The van der Waals surface area contributed by atoms with Crippen LogP contribution in [0.4, 0.5) is 0 Å². The Labute approximate surface area is 64.5 Å². The van der Waals surface area contributed by atoms with Gasteiger partial charge in [-0.25, -0.2) is 0 Å². The number of rotatable bonds is 0. The van der Waals surface area contributed by atoms with Gasteiger partial charge in [-0.2, -0.15) is 5.10 Å². The summed E-state index contributed by atoms with van der Waals surface area (Å²) in [4.78, 5) is 0. The molecule has 0 amide bonds. The Balaban J connectivity index is -0.0000000612. The van der Waals surface area contributed by atoms with Crippen molar-refractivity contribution in [2.45, 2.75) is 13.8 Å². The Morgan fingerprint density at radius 3 is 1.64 bits per heavy atom. The number of hydrogen-bond donors (Lipinski definition) is 1. The first-order valence-corrected chi connectivity index (χ1v) is 2.27. The molecule has 9 N–H and O–H groups in total. The molecule has 0 fully saturated rings. The Morgan fingerprint density at radius 1 is 1.09 bits per heavy atom. The van der Waals surface area contributed by atoms with E-state index in [2.05, 4.69) is 10.2 Å². The molecule has 0 aliphatic carbocycles. The second-order valence-electron chi connectivity index (χ2n) is 1.69. The standard InChI is InChI=1S/C5H8N2.4H2O/c1-4-3-5(2)7-6-4;;;;/h3H,1-2H3,(H,6,7);4*1H2. The highest BCUT2D eigenvalue weighted by Gasteiger charge is 1.84. The van der Waals surface area contributed by atoms with E-state index in [9.17, 15) is 0 Å². The van der Waals surface area contributed by atoms with Crippen molar-refractivity contribution in [3.63, 3.8) is 0 Å². The summed E-state index contributed by atoms with van der Waals surface area (Å²) in [6.07, 6.45) is 0. The molecular formula is C5H16N2O4. The fourth-order valence-corrected chi connectivity index (χ4v) is 0.554. The van der Waals surface area contributed by atoms with Crippen molar-refractivity contribution in [3.05, 3.63) is 17.5 Å². The molecule has 6 heteroatoms. The monoisotopic (exact) mass is 168 g/mol. The molecule has 70 valence electrons. The molecule has 0 atom stereocenters. The Morgan fingerprint density at radius 2 is 1.55 bits per heavy atom. The quantitative estimate of drug-likeness (QED) is 0.455. The number of hydrogen-bond acceptors (Lipinski definition) is 1. The average Bonchev–Trinajstić information content (AvgIpc) is 1.87. The molecule has 0 unspecified atom stereocenters. The lowest BCUT2D eigenvalue weighted by atomic mass is 10.4. The summed E-state index contributed by atoms with van der Waals surface area (Å²) in [5.74, 6) is 0. The first-order valence-electron chi connectivity index (χ1n) is 2.27. The first kappa shape index (κ1) is 22.5. The second kappa shape index (κ2) is 9.05. The van der Waals surface area contributed by atoms with E-state index in [-0.39, 0.29) is 21.9 Å². The van der Waals surface area contributed by atoms with Gasteiger partial charge in [0, 0.05) is 5.69 Å². The van der Waals surface area contributed by atoms with Gasteiger partial charge in [-0.15, -0.1) is 0 Å². The van der Waals surface area contributed by atoms with E-state index in [0.29, 0.717) is 0 Å². The van der Waals surface area contributed by atoms with Gasteiger partial charge >= 0.3 is 0 Å². The number of aromatic amines is 1. The summed E-state index contributed by atoms with van der Waals surface area (Å²) in [6.45, 7) is 3.95. The molecule has 6 nitrogen and oxygen atoms in total. The summed E-state index contributed by atoms with van der Waals surface area (Å²) in [5.41, 5.74) is 2.18. The third-order valence-corrected chi connectivity index (χ3v) is 0.834. The van der Waals surface area contributed by atoms with Crippen LogP contribution in [0.5, 0.6) is 0 Å². The van der Waals surface area contributed by atoms with Crippen LogP contribution in [-0.4, -0.2) is 32.1 Å². The number of nitrogens with zero attached hydrogens (tertiary/aromatic N) is 1. The van der Waals surface area contributed by atoms with Crippen LogP contribution >= 0.6 is 0 Å². The fourth-order valence-electron chi connectivity index (χ4n) is 0.554. The van der Waals surface area contributed by atoms with Crippen LogP contribution in [0.2, 0.25) is 0 Å². The molecule has 1 aromatic heterocycles. The highest BCUT2D eigenvalue weighted by Crippen LogP contribution is 1.92. The van der Waals surface area contributed by atoms with Gasteiger partial charge in [0.25, 0.3) is 0 Å². The summed E-state index contributed by atoms with van der Waals surface area (Å²) < 4.78 is 0. The smallest absolute Gasteiger partial charge is 0.0593 e. The van der Waals surface area contributed by atoms with Crippen molar-refractivity contribution in [2.75, 3.05) is 0 Å². The van der Waals surface area contributed by atoms with Crippen molar-refractivity contribution in [1.82, 2.24) is 10.2 Å². The predicted molar refractivity (Wildman–Crippen MR) is 42.5 cm³/mol. The normalized spacial score (nSPS) is 6.00. The molecule has 0 radical (unpaired) electrons. The minimum absolute atomic E-state index is 0. The maximum atomic E-state index is 3.89. The summed E-state index contributed by atoms with van der Waals surface area (Å²) in [7, 11) is 0. The molecule has 0 aliphatic rings. The van der Waals surface area contributed by atoms with E-state index >= 15 is 0 Å². The lowest BCUT2D eigenvalue weighted by molar-refractivity contribution is 0.823. The minimum atomic E-state index is 0. The summed E-state index contributed by atoms with van der Waals surface area (Å²) in [5, 5.41) is 6.71. The number of nitrogens with one attached hydrogen (secondary N) is 1. The summed E-state index contributed by atoms with van der Waals surface area (Å²) >= 11 is 0. The van der Waals surface area contributed by atoms with Crippen LogP contribution in [-0.2, 0) is 0 Å². The van der Waals surface area contributed by atoms with Gasteiger partial charge in [-0.05, 0) is 19.9 Å². The van der Waals surface area contributed by atoms with Crippen molar-refractivity contribution in [1.29, 1.82) is 0 Å². The zero-order valence-electron chi connectivity index (χ0n) is 6.52. The van der Waals surface area contributed by atoms with Crippen molar-refractivity contribution < 1.29 is 21.9 Å². The molecule has 1 rings (SSSR count). The van der Waals surface area contributed by atoms with Gasteiger partial charge in [0.05, 0.1) is 5.69 Å². The molecule has 1 heterocycles. The molecule has 0 saturated heterocycles. The Kier molecular flexibility index (Phi) is 18.5. The van der Waals surface area contributed by atoms with E-state index < -0.39 is 0 Å². The first-order chi connectivity index (χ1) is 3.29. The van der Waals surface area contributed by atoms with Crippen LogP contribution in [0.15, 0.2) is 6.07 Å². The number of aryl methyl sites for hydroxylation is 2. The topological polar surface area (TPSA) is 155 Å². The van der Waals surface area contributed by atoms with E-state index in [1.807, 2.05) is 19.9 Å². The Bertz CT molecular complexity index is 149. The van der Waals surface area contributed by atoms with Crippen molar-refractivity contribution in [2.24, 2.45) is 0 Å². The second-order valence-corrected chi connectivity index (χ2v) is 1.69. The SMILES string of the molecule is Cc1cc(C)[nH]n1.O.O.O.O. The van der Waals surface area contributed by atoms with Gasteiger partial charge < -0.3 is 21.9 Å². The lowest BCUT2D eigenvalue weighted by Crippen LogP contribution is -1.68. The van der Waals surface area contributed by atoms with E-state index in [4.69, 9.17) is 0 Å². The van der Waals surface area contributed by atoms with Gasteiger partial charge in [0.15, 0.2) is 0 Å². The molecule has 0 spiro atoms. The van der Waals surface area contributed by atoms with Gasteiger partial charge in [0.1, 0.15) is 0 Å². The predicted octanol–water partition coefficient (Wildman–Crippen LogP) is -2.27. The highest BCUT2D eigenvalue weighted by molar-refractivity contribution is 5.03. The molecule has 0 saturated carbocycles. The Hall–Kier alpha value is -0.950. The van der Waals surface area contributed by atoms with Crippen molar-refractivity contribution >= 4 is 0 Å². The minimum Gasteiger partial charge on any atom is -0.412 e. The van der Waals surface area contributed by atoms with E-state index in [0.717, 1.165) is 11.4 Å². The molecule has 0 bridgehead atoms. The molecule has 0 aliphatic heterocycles. The molecule has 11 heavy (non-hydrogen) atoms. The zero-order valence-corrected chi connectivity index (χ0v) is 6.52. The number of aromatic nitrogens is 2. The molecular weight excluding hydrogens is 152 g/mol. The van der Waals surface area contributed by atoms with Gasteiger partial charge in [0.2, 0.25) is 0 Å². The van der Waals surface area contributed by atoms with Gasteiger partial charge in [-0.3, -0.25) is 5.10 Å². The highest BCUT2D eigenvalue weighted by atomic mass is 16.0. The third kappa shape index (κ3) is 6.94. The average molecular weight is 168 g/mol. The maximum absolute atomic E-state index is 3.89. The zero-order chi connectivity index (χ0) is 5.28. The van der Waals surface area contributed by atoms with Crippen LogP contribution < -0.4 is 0 Å². The third-order valence-electron chi connectivity index (χ3n) is 0.834. The molecule has 0 aromatic carbocycles. The van der Waals surface area contributed by atoms with Gasteiger partial charge in [-0.1, -0.05) is 0 Å². The maximum Gasteiger partial charge on any atom is 0.0593 e. The van der Waals surface area contributed by atoms with E-state index in [1.54, 1.807) is 0 Å². The molecule has 1 aromatic rings. The summed E-state index contributed by atoms with van der Waals surface area (Å²) in [6, 6.07) is 2.00. The van der Waals surface area contributed by atoms with Crippen LogP contribution in [0.25, 0.3) is 0 Å². The number of H-pyrrole nitrogens is 1. The largest absolute Gasteiger partial charge is 0.412 e. The fraction of sp³-hybridized carbons (Fsp3) is 0.400. The lowest BCUT2D eigenvalue weighted by Gasteiger charge is -1.68. The van der Waals surface area contributed by atoms with Crippen molar-refractivity contribution in [3.8, 4) is 0 Å². The van der Waals surface area contributed by atoms with Crippen LogP contribution in [0.3, 0.4) is 0 Å².